The molecule has 0 unspecified atom stereocenters. The van der Waals surface area contributed by atoms with Crippen molar-refractivity contribution in [3.05, 3.63) is 86.9 Å². The van der Waals surface area contributed by atoms with Gasteiger partial charge in [-0.2, -0.15) is 0 Å². The van der Waals surface area contributed by atoms with E-state index >= 15 is 0 Å². The van der Waals surface area contributed by atoms with Gasteiger partial charge in [-0.1, -0.05) is 47.8 Å². The van der Waals surface area contributed by atoms with E-state index in [2.05, 4.69) is 9.62 Å². The van der Waals surface area contributed by atoms with E-state index in [1.54, 1.807) is 36.1 Å². The number of aliphatic hydroxyl groups excluding tert-OH is 1. The molecule has 42 heavy (non-hydrogen) atoms. The number of carbonyl (C=O) groups excluding carboxylic acids is 1. The van der Waals surface area contributed by atoms with Crippen molar-refractivity contribution < 1.29 is 23.1 Å². The summed E-state index contributed by atoms with van der Waals surface area (Å²) in [5.41, 5.74) is 1.83. The van der Waals surface area contributed by atoms with Crippen molar-refractivity contribution >= 4 is 56.4 Å². The number of ether oxygens (including phenoxy) is 1. The Morgan fingerprint density at radius 1 is 1.07 bits per heavy atom. The van der Waals surface area contributed by atoms with E-state index in [9.17, 15) is 18.3 Å². The minimum atomic E-state index is -3.90. The Kier molecular flexibility index (Phi) is 10.7. The maximum absolute atomic E-state index is 13.5. The van der Waals surface area contributed by atoms with E-state index in [1.807, 2.05) is 26.1 Å². The lowest BCUT2D eigenvalue weighted by Crippen LogP contribution is -2.47. The number of nitrogens with zero attached hydrogens (tertiary/aromatic N) is 2. The number of halogens is 3. The molecule has 226 valence electrons. The van der Waals surface area contributed by atoms with Crippen LogP contribution in [-0.2, 0) is 27.8 Å². The Hall–Kier alpha value is -2.53. The zero-order chi connectivity index (χ0) is 30.6. The molecule has 0 aromatic heterocycles. The number of aliphatic hydroxyl groups is 1. The smallest absolute Gasteiger partial charge is 0.261 e. The molecule has 0 saturated carbocycles. The van der Waals surface area contributed by atoms with Gasteiger partial charge in [0.05, 0.1) is 34.0 Å². The Balaban J connectivity index is 1.62. The first-order valence-electron chi connectivity index (χ1n) is 13.5. The van der Waals surface area contributed by atoms with Gasteiger partial charge in [-0.15, -0.1) is 0 Å². The minimum absolute atomic E-state index is 0.0191. The molecule has 3 aromatic carbocycles. The highest BCUT2D eigenvalue weighted by Crippen LogP contribution is 2.31. The number of nitrogens with one attached hydrogen (secondary N) is 1. The molecule has 3 atom stereocenters. The Bertz CT molecular complexity index is 1520. The summed E-state index contributed by atoms with van der Waals surface area (Å²) in [5.74, 6) is 0.222. The second-order valence-electron chi connectivity index (χ2n) is 10.7. The molecule has 0 spiro atoms. The van der Waals surface area contributed by atoms with Gasteiger partial charge in [-0.3, -0.25) is 14.4 Å². The van der Waals surface area contributed by atoms with Gasteiger partial charge in [0.25, 0.3) is 10.0 Å². The summed E-state index contributed by atoms with van der Waals surface area (Å²) in [6.45, 7) is 5.14. The second-order valence-corrected chi connectivity index (χ2v) is 13.6. The number of sulfonamides is 1. The van der Waals surface area contributed by atoms with Crippen LogP contribution in [0.3, 0.4) is 0 Å². The largest absolute Gasteiger partial charge is 0.488 e. The van der Waals surface area contributed by atoms with E-state index in [1.165, 1.54) is 24.3 Å². The number of anilines is 1. The molecule has 3 aromatic rings. The lowest BCUT2D eigenvalue weighted by Gasteiger charge is -2.34. The van der Waals surface area contributed by atoms with Crippen LogP contribution < -0.4 is 9.46 Å². The molecule has 1 amide bonds. The predicted molar refractivity (Wildman–Crippen MR) is 167 cm³/mol. The molecule has 12 heteroatoms. The number of carbonyl (C=O) groups is 1. The number of hydrogen-bond donors (Lipinski definition) is 2. The molecule has 0 radical (unpaired) electrons. The van der Waals surface area contributed by atoms with Crippen molar-refractivity contribution in [2.24, 2.45) is 5.92 Å². The highest BCUT2D eigenvalue weighted by atomic mass is 35.5. The lowest BCUT2D eigenvalue weighted by molar-refractivity contribution is -0.134. The van der Waals surface area contributed by atoms with E-state index in [0.29, 0.717) is 51.7 Å². The SMILES string of the molecule is C[C@@H]1CN([C@@H](C)CO)C(=O)Cc2cc(NS(=O)(=O)c3ccc(Cl)cc3)ccc2O[C@H]1CN(C)Cc1ccc(Cl)c(Cl)c1. The molecule has 8 nitrogen and oxygen atoms in total. The molecule has 1 aliphatic rings. The molecule has 0 saturated heterocycles. The normalized spacial score (nSPS) is 18.5. The van der Waals surface area contributed by atoms with Crippen LogP contribution in [0.2, 0.25) is 15.1 Å². The molecule has 1 aliphatic heterocycles. The second kappa shape index (κ2) is 13.8. The summed E-state index contributed by atoms with van der Waals surface area (Å²) >= 11 is 18.2. The third-order valence-electron chi connectivity index (χ3n) is 7.22. The van der Waals surface area contributed by atoms with Crippen LogP contribution in [0.1, 0.15) is 25.0 Å². The maximum Gasteiger partial charge on any atom is 0.261 e. The summed E-state index contributed by atoms with van der Waals surface area (Å²) in [4.78, 5) is 17.3. The van der Waals surface area contributed by atoms with Crippen molar-refractivity contribution in [2.45, 2.75) is 43.9 Å². The third-order valence-corrected chi connectivity index (χ3v) is 9.61. The number of benzene rings is 3. The zero-order valence-corrected chi connectivity index (χ0v) is 26.6. The van der Waals surface area contributed by atoms with Gasteiger partial charge in [0.1, 0.15) is 11.9 Å². The van der Waals surface area contributed by atoms with E-state index in [4.69, 9.17) is 39.5 Å². The van der Waals surface area contributed by atoms with Crippen LogP contribution in [-0.4, -0.2) is 68.1 Å². The molecule has 2 N–H and O–H groups in total. The van der Waals surface area contributed by atoms with Crippen LogP contribution in [0.5, 0.6) is 5.75 Å². The number of rotatable bonds is 9. The van der Waals surface area contributed by atoms with Crippen LogP contribution in [0, 0.1) is 5.92 Å². The van der Waals surface area contributed by atoms with Crippen molar-refractivity contribution in [3.63, 3.8) is 0 Å². The van der Waals surface area contributed by atoms with E-state index in [0.717, 1.165) is 5.56 Å². The number of hydrogen-bond acceptors (Lipinski definition) is 6. The zero-order valence-electron chi connectivity index (χ0n) is 23.6. The fraction of sp³-hybridized carbons (Fsp3) is 0.367. The summed E-state index contributed by atoms with van der Waals surface area (Å²) in [5, 5.41) is 11.3. The summed E-state index contributed by atoms with van der Waals surface area (Å²) in [6, 6.07) is 15.9. The molecular formula is C30H34Cl3N3O5S. The summed E-state index contributed by atoms with van der Waals surface area (Å²) < 4.78 is 35.1. The molecular weight excluding hydrogens is 621 g/mol. The molecule has 0 fully saturated rings. The minimum Gasteiger partial charge on any atom is -0.488 e. The van der Waals surface area contributed by atoms with Gasteiger partial charge in [0.2, 0.25) is 5.91 Å². The average molecular weight is 655 g/mol. The quantitative estimate of drug-likeness (QED) is 0.306. The fourth-order valence-corrected chi connectivity index (χ4v) is 6.36. The van der Waals surface area contributed by atoms with Gasteiger partial charge in [-0.25, -0.2) is 8.42 Å². The third kappa shape index (κ3) is 8.09. The van der Waals surface area contributed by atoms with Crippen molar-refractivity contribution in [3.8, 4) is 5.75 Å². The van der Waals surface area contributed by atoms with Crippen molar-refractivity contribution in [2.75, 3.05) is 31.5 Å². The highest BCUT2D eigenvalue weighted by Gasteiger charge is 2.31. The van der Waals surface area contributed by atoms with E-state index in [-0.39, 0.29) is 35.9 Å². The average Bonchev–Trinajstić information content (AvgIpc) is 2.98. The molecule has 1 heterocycles. The van der Waals surface area contributed by atoms with Gasteiger partial charge < -0.3 is 14.7 Å². The Morgan fingerprint density at radius 2 is 1.79 bits per heavy atom. The van der Waals surface area contributed by atoms with E-state index < -0.39 is 16.1 Å². The number of amides is 1. The number of likely N-dealkylation sites (N-methyl/N-ethyl adjacent to an activating group) is 1. The summed E-state index contributed by atoms with van der Waals surface area (Å²) in [6.07, 6.45) is -0.346. The van der Waals surface area contributed by atoms with Gasteiger partial charge >= 0.3 is 0 Å². The molecule has 4 rings (SSSR count). The first kappa shape index (κ1) is 32.4. The van der Waals surface area contributed by atoms with Gasteiger partial charge in [0, 0.05) is 41.8 Å². The topological polar surface area (TPSA) is 99.2 Å². The van der Waals surface area contributed by atoms with Crippen LogP contribution in [0.4, 0.5) is 5.69 Å². The lowest BCUT2D eigenvalue weighted by atomic mass is 10.0. The maximum atomic E-state index is 13.5. The Morgan fingerprint density at radius 3 is 2.45 bits per heavy atom. The van der Waals surface area contributed by atoms with Crippen molar-refractivity contribution in [1.82, 2.24) is 9.80 Å². The molecule has 0 aliphatic carbocycles. The Labute approximate surface area is 262 Å². The first-order chi connectivity index (χ1) is 19.9. The van der Waals surface area contributed by atoms with Gasteiger partial charge in [0.15, 0.2) is 0 Å². The number of fused-ring (bicyclic) bond motifs is 1. The van der Waals surface area contributed by atoms with Crippen LogP contribution in [0.15, 0.2) is 65.6 Å². The van der Waals surface area contributed by atoms with Crippen LogP contribution in [0.25, 0.3) is 0 Å². The fourth-order valence-electron chi connectivity index (χ4n) is 4.86. The predicted octanol–water partition coefficient (Wildman–Crippen LogP) is 5.73. The van der Waals surface area contributed by atoms with Gasteiger partial charge in [-0.05, 0) is 74.1 Å². The van der Waals surface area contributed by atoms with Crippen molar-refractivity contribution in [1.29, 1.82) is 0 Å². The summed E-state index contributed by atoms with van der Waals surface area (Å²) in [7, 11) is -1.92. The first-order valence-corrected chi connectivity index (χ1v) is 16.1. The van der Waals surface area contributed by atoms with Crippen LogP contribution >= 0.6 is 34.8 Å². The standard InChI is InChI=1S/C30H34Cl3N3O5S/c1-19-15-36(20(2)18-37)30(38)14-22-13-24(34-42(39,40)25-8-5-23(31)6-9-25)7-11-28(22)41-29(19)17-35(3)16-21-4-10-26(32)27(33)12-21/h4-13,19-20,29,34,37H,14-18H2,1-3H3/t19-,20+,29+/m1/s1. The highest BCUT2D eigenvalue weighted by molar-refractivity contribution is 7.92. The monoisotopic (exact) mass is 653 g/mol. The molecule has 0 bridgehead atoms.